The van der Waals surface area contributed by atoms with Crippen molar-refractivity contribution in [3.63, 3.8) is 0 Å². The molecule has 1 unspecified atom stereocenters. The lowest BCUT2D eigenvalue weighted by atomic mass is 10.0. The second-order valence-electron chi connectivity index (χ2n) is 3.69. The van der Waals surface area contributed by atoms with E-state index in [2.05, 4.69) is 10.4 Å². The number of nitrogens with zero attached hydrogens (tertiary/aromatic N) is 2. The third-order valence-electron chi connectivity index (χ3n) is 2.49. The van der Waals surface area contributed by atoms with Gasteiger partial charge in [0.1, 0.15) is 0 Å². The first kappa shape index (κ1) is 9.43. The van der Waals surface area contributed by atoms with Crippen LogP contribution in [0.15, 0.2) is 12.3 Å². The molecule has 0 saturated carbocycles. The van der Waals surface area contributed by atoms with Crippen molar-refractivity contribution < 1.29 is 5.11 Å². The largest absolute Gasteiger partial charge is 0.388 e. The summed E-state index contributed by atoms with van der Waals surface area (Å²) >= 11 is 0. The van der Waals surface area contributed by atoms with E-state index in [9.17, 15) is 5.11 Å². The molecular weight excluding hydrogens is 178 g/mol. The van der Waals surface area contributed by atoms with E-state index >= 15 is 0 Å². The van der Waals surface area contributed by atoms with Crippen molar-refractivity contribution in [3.8, 4) is 0 Å². The summed E-state index contributed by atoms with van der Waals surface area (Å²) in [6, 6.07) is 0. The van der Waals surface area contributed by atoms with E-state index in [1.54, 1.807) is 0 Å². The first-order valence-corrected chi connectivity index (χ1v) is 4.77. The molecule has 4 nitrogen and oxygen atoms in total. The van der Waals surface area contributed by atoms with Gasteiger partial charge in [-0.25, -0.2) is 0 Å². The van der Waals surface area contributed by atoms with Gasteiger partial charge >= 0.3 is 0 Å². The average molecular weight is 193 g/mol. The first-order chi connectivity index (χ1) is 6.68. The number of aliphatic hydroxyl groups is 1. The van der Waals surface area contributed by atoms with Crippen LogP contribution in [0.5, 0.6) is 0 Å². The summed E-state index contributed by atoms with van der Waals surface area (Å²) in [5, 5.41) is 16.8. The number of rotatable bonds is 1. The van der Waals surface area contributed by atoms with E-state index < -0.39 is 0 Å². The lowest BCUT2D eigenvalue weighted by Crippen LogP contribution is -2.32. The Morgan fingerprint density at radius 2 is 2.43 bits per heavy atom. The summed E-state index contributed by atoms with van der Waals surface area (Å²) in [5.74, 6) is 0. The number of aromatic nitrogens is 2. The molecule has 0 radical (unpaired) electrons. The third-order valence-corrected chi connectivity index (χ3v) is 2.49. The summed E-state index contributed by atoms with van der Waals surface area (Å²) in [7, 11) is 1.92. The zero-order valence-electron chi connectivity index (χ0n) is 8.49. The summed E-state index contributed by atoms with van der Waals surface area (Å²) in [6.45, 7) is 3.47. The highest BCUT2D eigenvalue weighted by Gasteiger charge is 2.15. The van der Waals surface area contributed by atoms with E-state index in [1.807, 2.05) is 30.9 Å². The minimum absolute atomic E-state index is 0.381. The van der Waals surface area contributed by atoms with Crippen molar-refractivity contribution in [2.75, 3.05) is 13.1 Å². The zero-order valence-corrected chi connectivity index (χ0v) is 8.49. The smallest absolute Gasteiger partial charge is 0.0852 e. The monoisotopic (exact) mass is 193 g/mol. The molecular formula is C10H15N3O. The molecule has 0 spiro atoms. The van der Waals surface area contributed by atoms with Crippen LogP contribution in [0, 0.1) is 6.92 Å². The highest BCUT2D eigenvalue weighted by atomic mass is 16.3. The van der Waals surface area contributed by atoms with Crippen LogP contribution in [0.3, 0.4) is 0 Å². The molecule has 2 N–H and O–H groups in total. The Balaban J connectivity index is 2.39. The van der Waals surface area contributed by atoms with Crippen LogP contribution >= 0.6 is 0 Å². The van der Waals surface area contributed by atoms with Gasteiger partial charge in [0.05, 0.1) is 18.0 Å². The van der Waals surface area contributed by atoms with Gasteiger partial charge in [0.15, 0.2) is 0 Å². The Kier molecular flexibility index (Phi) is 2.39. The standard InChI is InChI=1S/C10H15N3O/c1-7-4-12-13(2)10(7)8-3-9(14)6-11-5-8/h3-4,9,11,14H,5-6H2,1-2H3. The number of hydrogen-bond acceptors (Lipinski definition) is 3. The fraction of sp³-hybridized carbons (Fsp3) is 0.500. The molecule has 1 aromatic rings. The summed E-state index contributed by atoms with van der Waals surface area (Å²) in [5.41, 5.74) is 3.38. The van der Waals surface area contributed by atoms with Gasteiger partial charge in [-0.1, -0.05) is 0 Å². The van der Waals surface area contributed by atoms with Crippen LogP contribution in [0.2, 0.25) is 0 Å². The SMILES string of the molecule is Cc1cnn(C)c1C1=CC(O)CNC1. The van der Waals surface area contributed by atoms with Crippen molar-refractivity contribution in [1.82, 2.24) is 15.1 Å². The van der Waals surface area contributed by atoms with Crippen molar-refractivity contribution in [2.24, 2.45) is 7.05 Å². The maximum atomic E-state index is 9.49. The van der Waals surface area contributed by atoms with Gasteiger partial charge in [-0.3, -0.25) is 4.68 Å². The van der Waals surface area contributed by atoms with Gasteiger partial charge in [-0.05, 0) is 24.1 Å². The van der Waals surface area contributed by atoms with E-state index in [-0.39, 0.29) is 6.10 Å². The molecule has 1 atom stereocenters. The second kappa shape index (κ2) is 3.55. The van der Waals surface area contributed by atoms with Gasteiger partial charge in [-0.2, -0.15) is 5.10 Å². The first-order valence-electron chi connectivity index (χ1n) is 4.77. The molecule has 4 heteroatoms. The van der Waals surface area contributed by atoms with Crippen LogP contribution < -0.4 is 5.32 Å². The lowest BCUT2D eigenvalue weighted by Gasteiger charge is -2.19. The van der Waals surface area contributed by atoms with Gasteiger partial charge in [0, 0.05) is 20.1 Å². The highest BCUT2D eigenvalue weighted by Crippen LogP contribution is 2.19. The molecule has 14 heavy (non-hydrogen) atoms. The van der Waals surface area contributed by atoms with E-state index in [1.165, 1.54) is 0 Å². The normalized spacial score (nSPS) is 22.2. The van der Waals surface area contributed by atoms with Crippen LogP contribution in [0.4, 0.5) is 0 Å². The predicted molar refractivity (Wildman–Crippen MR) is 54.8 cm³/mol. The van der Waals surface area contributed by atoms with Crippen LogP contribution in [0.1, 0.15) is 11.3 Å². The van der Waals surface area contributed by atoms with Crippen molar-refractivity contribution in [1.29, 1.82) is 0 Å². The molecule has 1 aromatic heterocycles. The number of aliphatic hydroxyl groups excluding tert-OH is 1. The van der Waals surface area contributed by atoms with Crippen LogP contribution in [0.25, 0.3) is 5.57 Å². The van der Waals surface area contributed by atoms with Gasteiger partial charge in [0.2, 0.25) is 0 Å². The Labute approximate surface area is 83.2 Å². The minimum atomic E-state index is -0.381. The molecule has 0 saturated heterocycles. The second-order valence-corrected chi connectivity index (χ2v) is 3.69. The number of nitrogens with one attached hydrogen (secondary N) is 1. The molecule has 1 aliphatic rings. The van der Waals surface area contributed by atoms with Crippen LogP contribution in [-0.4, -0.2) is 34.1 Å². The molecule has 0 aliphatic carbocycles. The van der Waals surface area contributed by atoms with Crippen LogP contribution in [-0.2, 0) is 7.05 Å². The van der Waals surface area contributed by atoms with Crippen molar-refractivity contribution in [3.05, 3.63) is 23.5 Å². The summed E-state index contributed by atoms with van der Waals surface area (Å²) in [4.78, 5) is 0. The molecule has 0 fully saturated rings. The third kappa shape index (κ3) is 1.58. The quantitative estimate of drug-likeness (QED) is 0.664. The molecule has 1 aliphatic heterocycles. The number of β-amino-alcohol motifs (C(OH)–C–C–N with tert-alkyl or cyclic N) is 1. The highest BCUT2D eigenvalue weighted by molar-refractivity contribution is 5.67. The number of hydrogen-bond donors (Lipinski definition) is 2. The van der Waals surface area contributed by atoms with E-state index in [0.29, 0.717) is 6.54 Å². The maximum absolute atomic E-state index is 9.49. The molecule has 2 rings (SSSR count). The average Bonchev–Trinajstić information content (AvgIpc) is 2.46. The Morgan fingerprint density at radius 3 is 3.00 bits per heavy atom. The maximum Gasteiger partial charge on any atom is 0.0852 e. The molecule has 2 heterocycles. The predicted octanol–water partition coefficient (Wildman–Crippen LogP) is 0.0760. The zero-order chi connectivity index (χ0) is 10.1. The topological polar surface area (TPSA) is 50.1 Å². The lowest BCUT2D eigenvalue weighted by molar-refractivity contribution is 0.217. The number of aryl methyl sites for hydroxylation is 2. The van der Waals surface area contributed by atoms with Crippen molar-refractivity contribution >= 4 is 5.57 Å². The Hall–Kier alpha value is -1.13. The van der Waals surface area contributed by atoms with Crippen molar-refractivity contribution in [2.45, 2.75) is 13.0 Å². The minimum Gasteiger partial charge on any atom is -0.388 e. The molecule has 76 valence electrons. The fourth-order valence-electron chi connectivity index (χ4n) is 1.88. The van der Waals surface area contributed by atoms with Gasteiger partial charge in [0.25, 0.3) is 0 Å². The molecule has 0 amide bonds. The fourth-order valence-corrected chi connectivity index (χ4v) is 1.88. The van der Waals surface area contributed by atoms with E-state index in [4.69, 9.17) is 0 Å². The Bertz CT molecular complexity index is 348. The van der Waals surface area contributed by atoms with Gasteiger partial charge in [-0.15, -0.1) is 0 Å². The molecule has 0 aromatic carbocycles. The summed E-state index contributed by atoms with van der Waals surface area (Å²) in [6.07, 6.45) is 3.37. The summed E-state index contributed by atoms with van der Waals surface area (Å²) < 4.78 is 1.85. The molecule has 0 bridgehead atoms. The Morgan fingerprint density at radius 1 is 1.64 bits per heavy atom. The van der Waals surface area contributed by atoms with Gasteiger partial charge < -0.3 is 10.4 Å². The van der Waals surface area contributed by atoms with E-state index in [0.717, 1.165) is 23.4 Å².